The lowest BCUT2D eigenvalue weighted by molar-refractivity contribution is 0.227. The Labute approximate surface area is 124 Å². The molecule has 19 heavy (non-hydrogen) atoms. The fourth-order valence-electron chi connectivity index (χ4n) is 3.67. The molecule has 1 N–H and O–H groups in total. The van der Waals surface area contributed by atoms with Crippen molar-refractivity contribution in [2.75, 3.05) is 19.3 Å². The van der Waals surface area contributed by atoms with Gasteiger partial charge in [0.15, 0.2) is 0 Å². The minimum Gasteiger partial charge on any atom is -0.310 e. The van der Waals surface area contributed by atoms with E-state index in [1.807, 2.05) is 0 Å². The van der Waals surface area contributed by atoms with Crippen LogP contribution in [0.1, 0.15) is 58.8 Å². The highest BCUT2D eigenvalue weighted by molar-refractivity contribution is 7.99. The van der Waals surface area contributed by atoms with Crippen molar-refractivity contribution in [3.8, 4) is 0 Å². The van der Waals surface area contributed by atoms with E-state index in [4.69, 9.17) is 0 Å². The molecular formula is C16H32N2S. The molecule has 0 bridgehead atoms. The minimum absolute atomic E-state index is 0.715. The van der Waals surface area contributed by atoms with E-state index in [-0.39, 0.29) is 0 Å². The third-order valence-corrected chi connectivity index (χ3v) is 6.12. The summed E-state index contributed by atoms with van der Waals surface area (Å²) in [5, 5.41) is 4.87. The van der Waals surface area contributed by atoms with Gasteiger partial charge in [-0.3, -0.25) is 0 Å². The van der Waals surface area contributed by atoms with E-state index in [1.54, 1.807) is 0 Å². The molecule has 3 atom stereocenters. The van der Waals surface area contributed by atoms with Gasteiger partial charge >= 0.3 is 0 Å². The van der Waals surface area contributed by atoms with E-state index in [2.05, 4.69) is 42.1 Å². The van der Waals surface area contributed by atoms with Crippen molar-refractivity contribution in [3.05, 3.63) is 0 Å². The summed E-state index contributed by atoms with van der Waals surface area (Å²) in [7, 11) is 0. The molecule has 0 aromatic carbocycles. The van der Waals surface area contributed by atoms with Crippen molar-refractivity contribution in [2.45, 2.75) is 82.2 Å². The smallest absolute Gasteiger partial charge is 0.0198 e. The van der Waals surface area contributed by atoms with Crippen molar-refractivity contribution in [1.82, 2.24) is 10.2 Å². The van der Waals surface area contributed by atoms with Crippen molar-refractivity contribution in [3.63, 3.8) is 0 Å². The summed E-state index contributed by atoms with van der Waals surface area (Å²) in [5.41, 5.74) is 0. The predicted molar refractivity (Wildman–Crippen MR) is 87.0 cm³/mol. The van der Waals surface area contributed by atoms with Crippen LogP contribution in [0.5, 0.6) is 0 Å². The van der Waals surface area contributed by atoms with Gasteiger partial charge in [-0.25, -0.2) is 0 Å². The summed E-state index contributed by atoms with van der Waals surface area (Å²) in [6.45, 7) is 7.25. The molecule has 0 radical (unpaired) electrons. The Kier molecular flexibility index (Phi) is 6.51. The van der Waals surface area contributed by atoms with Crippen LogP contribution in [0.2, 0.25) is 0 Å². The third kappa shape index (κ3) is 4.64. The maximum Gasteiger partial charge on any atom is 0.0198 e. The quantitative estimate of drug-likeness (QED) is 0.850. The molecule has 0 amide bonds. The van der Waals surface area contributed by atoms with E-state index in [9.17, 15) is 0 Å². The molecule has 0 spiro atoms. The Bertz CT molecular complexity index is 257. The van der Waals surface area contributed by atoms with Crippen LogP contribution in [0.4, 0.5) is 0 Å². The molecule has 1 saturated carbocycles. The fraction of sp³-hybridized carbons (Fsp3) is 1.00. The molecule has 112 valence electrons. The van der Waals surface area contributed by atoms with Gasteiger partial charge in [-0.15, -0.1) is 0 Å². The zero-order valence-electron chi connectivity index (χ0n) is 13.0. The second kappa shape index (κ2) is 7.90. The van der Waals surface area contributed by atoms with Gasteiger partial charge < -0.3 is 10.2 Å². The Morgan fingerprint density at radius 2 is 1.79 bits per heavy atom. The molecule has 1 aliphatic heterocycles. The van der Waals surface area contributed by atoms with Gasteiger partial charge in [0, 0.05) is 23.4 Å². The number of thioether (sulfide) groups is 1. The first-order valence-electron chi connectivity index (χ1n) is 8.23. The summed E-state index contributed by atoms with van der Waals surface area (Å²) >= 11 is 2.08. The average Bonchev–Trinajstić information content (AvgIpc) is 2.65. The lowest BCUT2D eigenvalue weighted by atomic mass is 9.93. The number of hydrogen-bond acceptors (Lipinski definition) is 3. The maximum atomic E-state index is 4.01. The monoisotopic (exact) mass is 284 g/mol. The van der Waals surface area contributed by atoms with Gasteiger partial charge in [-0.2, -0.15) is 11.8 Å². The summed E-state index contributed by atoms with van der Waals surface area (Å²) in [5.74, 6) is 0. The minimum atomic E-state index is 0.715. The van der Waals surface area contributed by atoms with Crippen LogP contribution in [0.3, 0.4) is 0 Å². The van der Waals surface area contributed by atoms with E-state index < -0.39 is 0 Å². The van der Waals surface area contributed by atoms with E-state index >= 15 is 0 Å². The highest BCUT2D eigenvalue weighted by Crippen LogP contribution is 2.28. The third-order valence-electron chi connectivity index (χ3n) is 4.95. The number of rotatable bonds is 4. The predicted octanol–water partition coefficient (Wildman–Crippen LogP) is 3.51. The van der Waals surface area contributed by atoms with Gasteiger partial charge in [0.1, 0.15) is 0 Å². The van der Waals surface area contributed by atoms with Crippen LogP contribution in [-0.2, 0) is 0 Å². The molecule has 2 rings (SSSR count). The van der Waals surface area contributed by atoms with Crippen molar-refractivity contribution in [2.24, 2.45) is 0 Å². The van der Waals surface area contributed by atoms with E-state index in [0.717, 1.165) is 17.3 Å². The van der Waals surface area contributed by atoms with E-state index in [0.29, 0.717) is 6.04 Å². The van der Waals surface area contributed by atoms with Crippen LogP contribution in [0.25, 0.3) is 0 Å². The summed E-state index contributed by atoms with van der Waals surface area (Å²) in [4.78, 5) is 2.65. The Morgan fingerprint density at radius 1 is 1.00 bits per heavy atom. The number of nitrogens with one attached hydrogen (secondary N) is 1. The van der Waals surface area contributed by atoms with Crippen LogP contribution in [0.15, 0.2) is 0 Å². The highest BCUT2D eigenvalue weighted by Gasteiger charge is 2.27. The van der Waals surface area contributed by atoms with E-state index in [1.165, 1.54) is 58.0 Å². The topological polar surface area (TPSA) is 15.3 Å². The number of hydrogen-bond donors (Lipinski definition) is 1. The zero-order chi connectivity index (χ0) is 13.7. The van der Waals surface area contributed by atoms with Gasteiger partial charge in [-0.05, 0) is 65.3 Å². The SMILES string of the molecule is CSC1CCCCC1NC1CCCN(C(C)C)CC1. The molecule has 1 saturated heterocycles. The molecule has 0 aromatic rings. The largest absolute Gasteiger partial charge is 0.310 e. The highest BCUT2D eigenvalue weighted by atomic mass is 32.2. The van der Waals surface area contributed by atoms with Gasteiger partial charge in [0.05, 0.1) is 0 Å². The second-order valence-electron chi connectivity index (χ2n) is 6.59. The molecular weight excluding hydrogens is 252 g/mol. The van der Waals surface area contributed by atoms with Gasteiger partial charge in [0.25, 0.3) is 0 Å². The number of nitrogens with zero attached hydrogens (tertiary/aromatic N) is 1. The van der Waals surface area contributed by atoms with Gasteiger partial charge in [-0.1, -0.05) is 12.8 Å². The lowest BCUT2D eigenvalue weighted by Gasteiger charge is -2.34. The Morgan fingerprint density at radius 3 is 2.53 bits per heavy atom. The maximum absolute atomic E-state index is 4.01. The Balaban J connectivity index is 1.81. The Hall–Kier alpha value is 0.270. The van der Waals surface area contributed by atoms with Crippen LogP contribution in [-0.4, -0.2) is 47.6 Å². The molecule has 3 heteroatoms. The van der Waals surface area contributed by atoms with Crippen LogP contribution in [0, 0.1) is 0 Å². The zero-order valence-corrected chi connectivity index (χ0v) is 13.8. The van der Waals surface area contributed by atoms with Crippen molar-refractivity contribution < 1.29 is 0 Å². The first-order chi connectivity index (χ1) is 9.20. The molecule has 1 heterocycles. The summed E-state index contributed by atoms with van der Waals surface area (Å²) in [6, 6.07) is 2.26. The lowest BCUT2D eigenvalue weighted by Crippen LogP contribution is -2.46. The molecule has 2 aliphatic rings. The second-order valence-corrected chi connectivity index (χ2v) is 7.67. The van der Waals surface area contributed by atoms with Crippen LogP contribution >= 0.6 is 11.8 Å². The van der Waals surface area contributed by atoms with Crippen LogP contribution < -0.4 is 5.32 Å². The summed E-state index contributed by atoms with van der Waals surface area (Å²) < 4.78 is 0. The van der Waals surface area contributed by atoms with Crippen molar-refractivity contribution in [1.29, 1.82) is 0 Å². The first kappa shape index (κ1) is 15.7. The summed E-state index contributed by atoms with van der Waals surface area (Å²) in [6.07, 6.45) is 12.1. The molecule has 2 fully saturated rings. The molecule has 2 nitrogen and oxygen atoms in total. The first-order valence-corrected chi connectivity index (χ1v) is 9.52. The fourth-order valence-corrected chi connectivity index (χ4v) is 4.62. The molecule has 1 aliphatic carbocycles. The van der Waals surface area contributed by atoms with Crippen molar-refractivity contribution >= 4 is 11.8 Å². The standard InChI is InChI=1S/C16H32N2S/c1-13(2)18-11-6-7-14(10-12-18)17-15-8-4-5-9-16(15)19-3/h13-17H,4-12H2,1-3H3. The average molecular weight is 285 g/mol. The van der Waals surface area contributed by atoms with Gasteiger partial charge in [0.2, 0.25) is 0 Å². The normalized spacial score (nSPS) is 34.4. The molecule has 0 aromatic heterocycles. The molecule has 3 unspecified atom stereocenters. The number of likely N-dealkylation sites (tertiary alicyclic amines) is 1.